The Labute approximate surface area is 90.2 Å². The van der Waals surface area contributed by atoms with Crippen LogP contribution in [0.1, 0.15) is 5.56 Å². The minimum atomic E-state index is 0.0451. The monoisotopic (exact) mass is 213 g/mol. The summed E-state index contributed by atoms with van der Waals surface area (Å²) in [6.45, 7) is 2.21. The first kappa shape index (κ1) is 11.5. The normalized spacial score (nSPS) is 12.7. The summed E-state index contributed by atoms with van der Waals surface area (Å²) in [6.07, 6.45) is 0. The molecular formula is C11H16ClNO. The van der Waals surface area contributed by atoms with Gasteiger partial charge in [-0.1, -0.05) is 30.3 Å². The van der Waals surface area contributed by atoms with Crippen LogP contribution in [0.15, 0.2) is 30.3 Å². The molecule has 14 heavy (non-hydrogen) atoms. The van der Waals surface area contributed by atoms with Crippen LogP contribution in [0.4, 0.5) is 0 Å². The minimum Gasteiger partial charge on any atom is -0.383 e. The highest BCUT2D eigenvalue weighted by atomic mass is 35.5. The topological polar surface area (TPSA) is 21.3 Å². The van der Waals surface area contributed by atoms with Gasteiger partial charge >= 0.3 is 0 Å². The Hall–Kier alpha value is -0.570. The average molecular weight is 214 g/mol. The lowest BCUT2D eigenvalue weighted by Crippen LogP contribution is -2.25. The van der Waals surface area contributed by atoms with Gasteiger partial charge in [-0.2, -0.15) is 0 Å². The van der Waals surface area contributed by atoms with Crippen molar-refractivity contribution in [2.75, 3.05) is 20.3 Å². The predicted molar refractivity (Wildman–Crippen MR) is 59.7 cm³/mol. The Morgan fingerprint density at radius 2 is 2.07 bits per heavy atom. The first-order chi connectivity index (χ1) is 6.83. The molecule has 0 aliphatic carbocycles. The molecule has 78 valence electrons. The van der Waals surface area contributed by atoms with Crippen molar-refractivity contribution in [1.82, 2.24) is 5.32 Å². The second kappa shape index (κ2) is 6.82. The summed E-state index contributed by atoms with van der Waals surface area (Å²) in [5.74, 6) is 0. The maximum absolute atomic E-state index is 5.96. The minimum absolute atomic E-state index is 0.0451. The second-order valence-corrected chi connectivity index (χ2v) is 3.79. The molecule has 1 N–H and O–H groups in total. The smallest absolute Gasteiger partial charge is 0.0694 e. The van der Waals surface area contributed by atoms with Crippen LogP contribution in [-0.4, -0.2) is 25.6 Å². The number of rotatable bonds is 6. The van der Waals surface area contributed by atoms with Gasteiger partial charge in [-0.05, 0) is 5.56 Å². The Balaban J connectivity index is 2.16. The molecule has 0 aliphatic heterocycles. The molecule has 0 aromatic heterocycles. The summed E-state index contributed by atoms with van der Waals surface area (Å²) in [7, 11) is 1.66. The van der Waals surface area contributed by atoms with E-state index < -0.39 is 0 Å². The van der Waals surface area contributed by atoms with Crippen molar-refractivity contribution in [2.45, 2.75) is 11.9 Å². The van der Waals surface area contributed by atoms with Crippen LogP contribution in [0.5, 0.6) is 0 Å². The molecular weight excluding hydrogens is 198 g/mol. The van der Waals surface area contributed by atoms with Gasteiger partial charge in [0.05, 0.1) is 12.0 Å². The van der Waals surface area contributed by atoms with E-state index in [1.807, 2.05) is 18.2 Å². The largest absolute Gasteiger partial charge is 0.383 e. The van der Waals surface area contributed by atoms with Gasteiger partial charge in [-0.25, -0.2) is 0 Å². The first-order valence-electron chi connectivity index (χ1n) is 4.70. The zero-order valence-corrected chi connectivity index (χ0v) is 9.13. The van der Waals surface area contributed by atoms with Gasteiger partial charge in [-0.3, -0.25) is 0 Å². The molecule has 0 saturated heterocycles. The molecule has 1 rings (SSSR count). The molecule has 1 aromatic rings. The van der Waals surface area contributed by atoms with Crippen LogP contribution >= 0.6 is 11.6 Å². The van der Waals surface area contributed by atoms with Gasteiger partial charge in [0.15, 0.2) is 0 Å². The van der Waals surface area contributed by atoms with Crippen LogP contribution in [-0.2, 0) is 11.3 Å². The molecule has 0 amide bonds. The molecule has 0 bridgehead atoms. The highest BCUT2D eigenvalue weighted by Crippen LogP contribution is 1.98. The van der Waals surface area contributed by atoms with E-state index >= 15 is 0 Å². The van der Waals surface area contributed by atoms with E-state index in [4.69, 9.17) is 16.3 Å². The summed E-state index contributed by atoms with van der Waals surface area (Å²) >= 11 is 5.96. The van der Waals surface area contributed by atoms with Crippen LogP contribution in [0.2, 0.25) is 0 Å². The van der Waals surface area contributed by atoms with Gasteiger partial charge in [0, 0.05) is 20.2 Å². The van der Waals surface area contributed by atoms with Crippen molar-refractivity contribution < 1.29 is 4.74 Å². The summed E-state index contributed by atoms with van der Waals surface area (Å²) < 4.78 is 4.93. The van der Waals surface area contributed by atoms with Crippen molar-refractivity contribution in [1.29, 1.82) is 0 Å². The third-order valence-electron chi connectivity index (χ3n) is 1.89. The molecule has 0 fully saturated rings. The zero-order chi connectivity index (χ0) is 10.2. The number of ether oxygens (including phenoxy) is 1. The third-order valence-corrected chi connectivity index (χ3v) is 2.17. The van der Waals surface area contributed by atoms with E-state index in [1.165, 1.54) is 5.56 Å². The number of nitrogens with one attached hydrogen (secondary N) is 1. The summed E-state index contributed by atoms with van der Waals surface area (Å²) in [6, 6.07) is 10.3. The van der Waals surface area contributed by atoms with E-state index in [2.05, 4.69) is 17.4 Å². The molecule has 1 atom stereocenters. The molecule has 1 aromatic carbocycles. The highest BCUT2D eigenvalue weighted by Gasteiger charge is 2.02. The Bertz CT molecular complexity index is 240. The molecule has 1 unspecified atom stereocenters. The molecule has 0 aliphatic rings. The Morgan fingerprint density at radius 3 is 2.71 bits per heavy atom. The summed E-state index contributed by atoms with van der Waals surface area (Å²) in [4.78, 5) is 0. The van der Waals surface area contributed by atoms with Crippen molar-refractivity contribution in [3.63, 3.8) is 0 Å². The number of methoxy groups -OCH3 is 1. The fourth-order valence-electron chi connectivity index (χ4n) is 1.21. The van der Waals surface area contributed by atoms with Gasteiger partial charge in [0.25, 0.3) is 0 Å². The van der Waals surface area contributed by atoms with Crippen molar-refractivity contribution in [3.8, 4) is 0 Å². The summed E-state index contributed by atoms with van der Waals surface area (Å²) in [5.41, 5.74) is 1.27. The van der Waals surface area contributed by atoms with Crippen molar-refractivity contribution in [2.24, 2.45) is 0 Å². The molecule has 3 heteroatoms. The summed E-state index contributed by atoms with van der Waals surface area (Å²) in [5, 5.41) is 3.32. The SMILES string of the molecule is COCC(Cl)CNCc1ccccc1. The van der Waals surface area contributed by atoms with Crippen molar-refractivity contribution in [3.05, 3.63) is 35.9 Å². The lowest BCUT2D eigenvalue weighted by atomic mass is 10.2. The fraction of sp³-hybridized carbons (Fsp3) is 0.455. The number of alkyl halides is 1. The molecule has 0 spiro atoms. The van der Waals surface area contributed by atoms with Crippen LogP contribution in [0.25, 0.3) is 0 Å². The average Bonchev–Trinajstić information content (AvgIpc) is 2.20. The predicted octanol–water partition coefficient (Wildman–Crippen LogP) is 2.03. The van der Waals surface area contributed by atoms with Gasteiger partial charge in [-0.15, -0.1) is 11.6 Å². The van der Waals surface area contributed by atoms with Crippen LogP contribution < -0.4 is 5.32 Å². The number of benzene rings is 1. The van der Waals surface area contributed by atoms with E-state index in [9.17, 15) is 0 Å². The zero-order valence-electron chi connectivity index (χ0n) is 8.37. The second-order valence-electron chi connectivity index (χ2n) is 3.17. The maximum Gasteiger partial charge on any atom is 0.0694 e. The van der Waals surface area contributed by atoms with Gasteiger partial charge < -0.3 is 10.1 Å². The van der Waals surface area contributed by atoms with E-state index in [0.717, 1.165) is 13.1 Å². The van der Waals surface area contributed by atoms with E-state index in [0.29, 0.717) is 6.61 Å². The molecule has 2 nitrogen and oxygen atoms in total. The standard InChI is InChI=1S/C11H16ClNO/c1-14-9-11(12)8-13-7-10-5-3-2-4-6-10/h2-6,11,13H,7-9H2,1H3. The van der Waals surface area contributed by atoms with Crippen LogP contribution in [0.3, 0.4) is 0 Å². The quantitative estimate of drug-likeness (QED) is 0.731. The lowest BCUT2D eigenvalue weighted by Gasteiger charge is -2.09. The lowest BCUT2D eigenvalue weighted by molar-refractivity contribution is 0.197. The van der Waals surface area contributed by atoms with Crippen LogP contribution in [0, 0.1) is 0 Å². The molecule has 0 heterocycles. The molecule has 0 saturated carbocycles. The fourth-order valence-corrected chi connectivity index (χ4v) is 1.44. The Kier molecular flexibility index (Phi) is 5.60. The van der Waals surface area contributed by atoms with Gasteiger partial charge in [0.1, 0.15) is 0 Å². The Morgan fingerprint density at radius 1 is 1.36 bits per heavy atom. The number of hydrogen-bond acceptors (Lipinski definition) is 2. The third kappa shape index (κ3) is 4.61. The van der Waals surface area contributed by atoms with E-state index in [1.54, 1.807) is 7.11 Å². The van der Waals surface area contributed by atoms with E-state index in [-0.39, 0.29) is 5.38 Å². The number of hydrogen-bond donors (Lipinski definition) is 1. The number of halogens is 1. The van der Waals surface area contributed by atoms with Gasteiger partial charge in [0.2, 0.25) is 0 Å². The van der Waals surface area contributed by atoms with Crippen molar-refractivity contribution >= 4 is 11.6 Å². The molecule has 0 radical (unpaired) electrons. The highest BCUT2D eigenvalue weighted by molar-refractivity contribution is 6.20. The first-order valence-corrected chi connectivity index (χ1v) is 5.14. The maximum atomic E-state index is 5.96.